The highest BCUT2D eigenvalue weighted by molar-refractivity contribution is 6.03. The summed E-state index contributed by atoms with van der Waals surface area (Å²) in [4.78, 5) is 28.7. The van der Waals surface area contributed by atoms with Gasteiger partial charge in [0.2, 0.25) is 5.88 Å². The number of para-hydroxylation sites is 1. The Morgan fingerprint density at radius 3 is 2.61 bits per heavy atom. The molecule has 1 aromatic heterocycles. The molecule has 1 aliphatic carbocycles. The van der Waals surface area contributed by atoms with Crippen molar-refractivity contribution in [3.63, 3.8) is 0 Å². The maximum absolute atomic E-state index is 12.6. The molecule has 158 valence electrons. The van der Waals surface area contributed by atoms with Crippen molar-refractivity contribution in [2.75, 3.05) is 10.6 Å². The maximum Gasteiger partial charge on any atom is 0.323 e. The predicted molar refractivity (Wildman–Crippen MR) is 121 cm³/mol. The first kappa shape index (κ1) is 20.6. The topological polar surface area (TPSA) is 80.3 Å². The number of aromatic nitrogens is 1. The van der Waals surface area contributed by atoms with Gasteiger partial charge in [-0.1, -0.05) is 39.0 Å². The van der Waals surface area contributed by atoms with Crippen LogP contribution < -0.4 is 15.4 Å². The second-order valence-corrected chi connectivity index (χ2v) is 8.58. The highest BCUT2D eigenvalue weighted by Gasteiger charge is 2.21. The van der Waals surface area contributed by atoms with E-state index in [1.165, 1.54) is 0 Å². The molecule has 0 saturated heterocycles. The quantitative estimate of drug-likeness (QED) is 0.552. The Morgan fingerprint density at radius 1 is 1.00 bits per heavy atom. The summed E-state index contributed by atoms with van der Waals surface area (Å²) in [6, 6.07) is 16.2. The zero-order valence-corrected chi connectivity index (χ0v) is 17.9. The number of urea groups is 1. The smallest absolute Gasteiger partial charge is 0.323 e. The van der Waals surface area contributed by atoms with Crippen molar-refractivity contribution in [1.82, 2.24) is 4.98 Å². The molecule has 6 nitrogen and oxygen atoms in total. The second-order valence-electron chi connectivity index (χ2n) is 8.58. The summed E-state index contributed by atoms with van der Waals surface area (Å²) in [6.07, 6.45) is 2.85. The molecule has 1 heterocycles. The van der Waals surface area contributed by atoms with Gasteiger partial charge >= 0.3 is 6.03 Å². The number of carbonyl (C=O) groups excluding carboxylic acids is 2. The van der Waals surface area contributed by atoms with Crippen molar-refractivity contribution in [2.45, 2.75) is 39.0 Å². The van der Waals surface area contributed by atoms with E-state index >= 15 is 0 Å². The molecule has 2 N–H and O–H groups in total. The molecule has 2 amide bonds. The fraction of sp³-hybridized carbons (Fsp3) is 0.240. The molecule has 3 aromatic rings. The van der Waals surface area contributed by atoms with E-state index in [2.05, 4.69) is 36.4 Å². The third-order valence-corrected chi connectivity index (χ3v) is 5.21. The van der Waals surface area contributed by atoms with Crippen LogP contribution in [0.15, 0.2) is 60.8 Å². The number of benzene rings is 2. The average molecular weight is 415 g/mol. The van der Waals surface area contributed by atoms with E-state index in [0.29, 0.717) is 35.8 Å². The molecule has 0 atom stereocenters. The van der Waals surface area contributed by atoms with Gasteiger partial charge in [0.05, 0.1) is 0 Å². The summed E-state index contributed by atoms with van der Waals surface area (Å²) in [5.74, 6) is 1.16. The van der Waals surface area contributed by atoms with Crippen LogP contribution in [0.3, 0.4) is 0 Å². The molecule has 6 heteroatoms. The zero-order valence-electron chi connectivity index (χ0n) is 17.9. The van der Waals surface area contributed by atoms with Gasteiger partial charge in [0.25, 0.3) is 0 Å². The van der Waals surface area contributed by atoms with E-state index in [-0.39, 0.29) is 11.2 Å². The van der Waals surface area contributed by atoms with Crippen LogP contribution in [0.25, 0.3) is 0 Å². The minimum absolute atomic E-state index is 0.106. The molecule has 31 heavy (non-hydrogen) atoms. The number of ketones is 1. The molecule has 4 rings (SSSR count). The Balaban J connectivity index is 1.51. The molecule has 0 saturated carbocycles. The molecule has 0 spiro atoms. The van der Waals surface area contributed by atoms with E-state index in [0.717, 1.165) is 16.7 Å². The van der Waals surface area contributed by atoms with Gasteiger partial charge in [-0.05, 0) is 53.8 Å². The number of fused-ring (bicyclic) bond motifs is 1. The van der Waals surface area contributed by atoms with Crippen LogP contribution in [-0.2, 0) is 11.8 Å². The number of hydrogen-bond donors (Lipinski definition) is 2. The van der Waals surface area contributed by atoms with Crippen LogP contribution in [0.4, 0.5) is 16.2 Å². The first-order valence-electron chi connectivity index (χ1n) is 10.3. The van der Waals surface area contributed by atoms with Gasteiger partial charge in [-0.2, -0.15) is 0 Å². The van der Waals surface area contributed by atoms with E-state index in [9.17, 15) is 9.59 Å². The highest BCUT2D eigenvalue weighted by Crippen LogP contribution is 2.35. The lowest BCUT2D eigenvalue weighted by atomic mass is 9.86. The number of aryl methyl sites for hydroxylation is 1. The average Bonchev–Trinajstić information content (AvgIpc) is 3.09. The van der Waals surface area contributed by atoms with E-state index in [1.807, 2.05) is 30.3 Å². The molecule has 0 unspecified atom stereocenters. The summed E-state index contributed by atoms with van der Waals surface area (Å²) >= 11 is 0. The number of carbonyl (C=O) groups is 2. The first-order chi connectivity index (χ1) is 14.8. The third-order valence-electron chi connectivity index (χ3n) is 5.21. The monoisotopic (exact) mass is 415 g/mol. The first-order valence-corrected chi connectivity index (χ1v) is 10.3. The molecule has 0 radical (unpaired) electrons. The Morgan fingerprint density at radius 2 is 1.81 bits per heavy atom. The Hall–Kier alpha value is -3.67. The predicted octanol–water partition coefficient (Wildman–Crippen LogP) is 5.94. The van der Waals surface area contributed by atoms with Crippen molar-refractivity contribution in [3.05, 3.63) is 77.5 Å². The second kappa shape index (κ2) is 8.22. The van der Waals surface area contributed by atoms with Crippen LogP contribution in [0.5, 0.6) is 11.6 Å². The molecule has 2 aromatic carbocycles. The lowest BCUT2D eigenvalue weighted by molar-refractivity contribution is 0.0994. The van der Waals surface area contributed by atoms with Crippen molar-refractivity contribution >= 4 is 23.2 Å². The van der Waals surface area contributed by atoms with Gasteiger partial charge in [0.1, 0.15) is 11.4 Å². The van der Waals surface area contributed by atoms with Gasteiger partial charge in [0.15, 0.2) is 5.78 Å². The molecule has 0 fully saturated rings. The largest absolute Gasteiger partial charge is 0.437 e. The number of nitrogens with one attached hydrogen (secondary N) is 2. The normalized spacial score (nSPS) is 12.9. The number of pyridine rings is 1. The van der Waals surface area contributed by atoms with Crippen molar-refractivity contribution in [3.8, 4) is 11.6 Å². The standard InChI is InChI=1S/C25H25N3O3/c1-25(2,3)19-7-4-5-9-22(19)31-23-20(8-6-14-26-23)28-24(30)27-17-11-12-18-16(15-17)10-13-21(18)29/h4-9,11-12,14-15H,10,13H2,1-3H3,(H2,27,28,30). The highest BCUT2D eigenvalue weighted by atomic mass is 16.5. The van der Waals surface area contributed by atoms with Crippen LogP contribution in [0.1, 0.15) is 48.7 Å². The van der Waals surface area contributed by atoms with E-state index in [1.54, 1.807) is 30.5 Å². The van der Waals surface area contributed by atoms with Crippen LogP contribution >= 0.6 is 0 Å². The number of hydrogen-bond acceptors (Lipinski definition) is 4. The van der Waals surface area contributed by atoms with E-state index < -0.39 is 6.03 Å². The van der Waals surface area contributed by atoms with Crippen molar-refractivity contribution in [1.29, 1.82) is 0 Å². The van der Waals surface area contributed by atoms with Crippen LogP contribution in [-0.4, -0.2) is 16.8 Å². The van der Waals surface area contributed by atoms with Crippen LogP contribution in [0, 0.1) is 0 Å². The summed E-state index contributed by atoms with van der Waals surface area (Å²) in [7, 11) is 0. The summed E-state index contributed by atoms with van der Waals surface area (Å²) < 4.78 is 6.10. The third kappa shape index (κ3) is 4.58. The molecular weight excluding hydrogens is 390 g/mol. The molecule has 0 aliphatic heterocycles. The summed E-state index contributed by atoms with van der Waals surface area (Å²) in [5.41, 5.74) is 3.74. The fourth-order valence-electron chi connectivity index (χ4n) is 3.66. The van der Waals surface area contributed by atoms with Gasteiger partial charge in [-0.3, -0.25) is 4.79 Å². The maximum atomic E-state index is 12.6. The number of rotatable bonds is 4. The van der Waals surface area contributed by atoms with E-state index in [4.69, 9.17) is 4.74 Å². The lowest BCUT2D eigenvalue weighted by Crippen LogP contribution is -2.20. The Bertz CT molecular complexity index is 1150. The fourth-order valence-corrected chi connectivity index (χ4v) is 3.66. The number of ether oxygens (including phenoxy) is 1. The van der Waals surface area contributed by atoms with Gasteiger partial charge in [0, 0.05) is 29.4 Å². The van der Waals surface area contributed by atoms with Crippen LogP contribution in [0.2, 0.25) is 0 Å². The van der Waals surface area contributed by atoms with Gasteiger partial charge in [-0.15, -0.1) is 0 Å². The zero-order chi connectivity index (χ0) is 22.0. The van der Waals surface area contributed by atoms with Crippen molar-refractivity contribution in [2.24, 2.45) is 0 Å². The van der Waals surface area contributed by atoms with Crippen molar-refractivity contribution < 1.29 is 14.3 Å². The molecule has 1 aliphatic rings. The molecular formula is C25H25N3O3. The summed E-state index contributed by atoms with van der Waals surface area (Å²) in [5, 5.41) is 5.63. The summed E-state index contributed by atoms with van der Waals surface area (Å²) in [6.45, 7) is 6.35. The number of Topliss-reactive ketones (excluding diaryl/α,β-unsaturated/α-hetero) is 1. The van der Waals surface area contributed by atoms with Gasteiger partial charge in [-0.25, -0.2) is 9.78 Å². The Kier molecular flexibility index (Phi) is 5.46. The minimum atomic E-state index is -0.411. The number of anilines is 2. The minimum Gasteiger partial charge on any atom is -0.437 e. The lowest BCUT2D eigenvalue weighted by Gasteiger charge is -2.22. The SMILES string of the molecule is CC(C)(C)c1ccccc1Oc1ncccc1NC(=O)Nc1ccc2c(c1)CCC2=O. The number of amides is 2. The van der Waals surface area contributed by atoms with Gasteiger partial charge < -0.3 is 15.4 Å². The Labute approximate surface area is 181 Å². The number of nitrogens with zero attached hydrogens (tertiary/aromatic N) is 1. The molecule has 0 bridgehead atoms.